The van der Waals surface area contributed by atoms with Crippen LogP contribution in [0.2, 0.25) is 0 Å². The number of ether oxygens (including phenoxy) is 1. The van der Waals surface area contributed by atoms with Gasteiger partial charge in [-0.3, -0.25) is 4.79 Å². The summed E-state index contributed by atoms with van der Waals surface area (Å²) < 4.78 is 4.61. The Morgan fingerprint density at radius 3 is 3.18 bits per heavy atom. The number of rotatable bonds is 3. The molecular formula is C9H10O2. The summed E-state index contributed by atoms with van der Waals surface area (Å²) in [5.41, 5.74) is 1.11. The first-order chi connectivity index (χ1) is 5.43. The molecule has 0 spiro atoms. The molecule has 0 N–H and O–H groups in total. The fourth-order valence-corrected chi connectivity index (χ4v) is 0.870. The Bertz CT molecular complexity index is 212. The maximum absolute atomic E-state index is 9.85. The molecule has 0 bridgehead atoms. The average Bonchev–Trinajstić information content (AvgIpc) is 2.28. The Morgan fingerprint density at radius 1 is 1.45 bits per heavy atom. The third kappa shape index (κ3) is 2.85. The minimum atomic E-state index is 0.401. The molecule has 1 aliphatic carbocycles. The Kier molecular flexibility index (Phi) is 3.19. The maximum atomic E-state index is 9.85. The van der Waals surface area contributed by atoms with Crippen LogP contribution in [0.4, 0.5) is 0 Å². The summed E-state index contributed by atoms with van der Waals surface area (Å²) in [6.07, 6.45) is 10.7. The van der Waals surface area contributed by atoms with Gasteiger partial charge in [0, 0.05) is 0 Å². The van der Waals surface area contributed by atoms with Gasteiger partial charge in [-0.1, -0.05) is 30.4 Å². The highest BCUT2D eigenvalue weighted by Crippen LogP contribution is 2.06. The van der Waals surface area contributed by atoms with E-state index in [0.29, 0.717) is 13.1 Å². The molecule has 0 saturated carbocycles. The van der Waals surface area contributed by atoms with Gasteiger partial charge in [0.15, 0.2) is 0 Å². The van der Waals surface area contributed by atoms with Crippen LogP contribution in [0.1, 0.15) is 6.42 Å². The SMILES string of the molecule is O=COCC1=CC=CC=CC1. The van der Waals surface area contributed by atoms with Crippen molar-refractivity contribution < 1.29 is 9.53 Å². The van der Waals surface area contributed by atoms with Crippen LogP contribution in [-0.2, 0) is 9.53 Å². The monoisotopic (exact) mass is 150 g/mol. The van der Waals surface area contributed by atoms with E-state index >= 15 is 0 Å². The highest BCUT2D eigenvalue weighted by atomic mass is 16.5. The Labute approximate surface area is 65.9 Å². The van der Waals surface area contributed by atoms with Gasteiger partial charge in [0.05, 0.1) is 0 Å². The summed E-state index contributed by atoms with van der Waals surface area (Å²) in [5.74, 6) is 0. The van der Waals surface area contributed by atoms with E-state index in [1.54, 1.807) is 0 Å². The van der Waals surface area contributed by atoms with Gasteiger partial charge in [-0.05, 0) is 12.0 Å². The van der Waals surface area contributed by atoms with E-state index in [1.165, 1.54) is 0 Å². The lowest BCUT2D eigenvalue weighted by Crippen LogP contribution is -1.94. The van der Waals surface area contributed by atoms with Gasteiger partial charge >= 0.3 is 0 Å². The number of hydrogen-bond acceptors (Lipinski definition) is 2. The van der Waals surface area contributed by atoms with Gasteiger partial charge in [-0.15, -0.1) is 0 Å². The van der Waals surface area contributed by atoms with Gasteiger partial charge in [0.1, 0.15) is 6.61 Å². The number of allylic oxidation sites excluding steroid dienone is 5. The Hall–Kier alpha value is -1.31. The van der Waals surface area contributed by atoms with Gasteiger partial charge in [0.25, 0.3) is 6.47 Å². The minimum Gasteiger partial charge on any atom is -0.463 e. The second kappa shape index (κ2) is 4.50. The van der Waals surface area contributed by atoms with Crippen LogP contribution in [-0.4, -0.2) is 13.1 Å². The standard InChI is InChI=1S/C9H10O2/c10-8-11-7-9-5-3-1-2-4-6-9/h1-5,8H,6-7H2. The largest absolute Gasteiger partial charge is 0.463 e. The zero-order valence-electron chi connectivity index (χ0n) is 6.19. The smallest absolute Gasteiger partial charge is 0.293 e. The molecule has 0 aromatic rings. The van der Waals surface area contributed by atoms with Crippen molar-refractivity contribution in [3.63, 3.8) is 0 Å². The molecule has 1 aliphatic rings. The van der Waals surface area contributed by atoms with E-state index in [9.17, 15) is 4.79 Å². The molecule has 0 aromatic heterocycles. The fourth-order valence-electron chi connectivity index (χ4n) is 0.870. The minimum absolute atomic E-state index is 0.401. The molecule has 2 heteroatoms. The molecule has 11 heavy (non-hydrogen) atoms. The summed E-state index contributed by atoms with van der Waals surface area (Å²) >= 11 is 0. The normalized spacial score (nSPS) is 15.5. The highest BCUT2D eigenvalue weighted by Gasteiger charge is 1.94. The van der Waals surface area contributed by atoms with Crippen LogP contribution in [0.25, 0.3) is 0 Å². The highest BCUT2D eigenvalue weighted by molar-refractivity contribution is 5.38. The third-order valence-corrected chi connectivity index (χ3v) is 1.41. The van der Waals surface area contributed by atoms with E-state index in [4.69, 9.17) is 0 Å². The van der Waals surface area contributed by atoms with E-state index in [1.807, 2.05) is 30.4 Å². The van der Waals surface area contributed by atoms with Crippen molar-refractivity contribution in [1.82, 2.24) is 0 Å². The van der Waals surface area contributed by atoms with Gasteiger partial charge in [-0.2, -0.15) is 0 Å². The number of carbonyl (C=O) groups is 1. The van der Waals surface area contributed by atoms with Gasteiger partial charge in [0.2, 0.25) is 0 Å². The molecule has 0 amide bonds. The van der Waals surface area contributed by atoms with E-state index < -0.39 is 0 Å². The van der Waals surface area contributed by atoms with E-state index in [-0.39, 0.29) is 0 Å². The van der Waals surface area contributed by atoms with E-state index in [2.05, 4.69) is 4.74 Å². The molecule has 0 heterocycles. The zero-order valence-corrected chi connectivity index (χ0v) is 6.19. The van der Waals surface area contributed by atoms with Crippen LogP contribution >= 0.6 is 0 Å². The Balaban J connectivity index is 2.44. The summed E-state index contributed by atoms with van der Waals surface area (Å²) in [4.78, 5) is 9.85. The molecule has 58 valence electrons. The second-order valence-electron chi connectivity index (χ2n) is 2.25. The van der Waals surface area contributed by atoms with Crippen molar-refractivity contribution in [2.24, 2.45) is 0 Å². The predicted molar refractivity (Wildman–Crippen MR) is 43.0 cm³/mol. The molecule has 2 nitrogen and oxygen atoms in total. The third-order valence-electron chi connectivity index (χ3n) is 1.41. The first kappa shape index (κ1) is 7.79. The molecule has 0 aromatic carbocycles. The van der Waals surface area contributed by atoms with Crippen molar-refractivity contribution in [2.75, 3.05) is 6.61 Å². The lowest BCUT2D eigenvalue weighted by Gasteiger charge is -1.99. The average molecular weight is 150 g/mol. The molecule has 0 fully saturated rings. The molecule has 0 saturated heterocycles. The molecule has 0 unspecified atom stereocenters. The zero-order chi connectivity index (χ0) is 7.94. The summed E-state index contributed by atoms with van der Waals surface area (Å²) in [7, 11) is 0. The predicted octanol–water partition coefficient (Wildman–Crippen LogP) is 1.60. The van der Waals surface area contributed by atoms with Crippen molar-refractivity contribution in [1.29, 1.82) is 0 Å². The van der Waals surface area contributed by atoms with E-state index in [0.717, 1.165) is 12.0 Å². The van der Waals surface area contributed by atoms with Crippen molar-refractivity contribution in [2.45, 2.75) is 6.42 Å². The first-order valence-corrected chi connectivity index (χ1v) is 3.50. The second-order valence-corrected chi connectivity index (χ2v) is 2.25. The quantitative estimate of drug-likeness (QED) is 0.571. The van der Waals surface area contributed by atoms with Crippen LogP contribution < -0.4 is 0 Å². The number of hydrogen-bond donors (Lipinski definition) is 0. The summed E-state index contributed by atoms with van der Waals surface area (Å²) in [6, 6.07) is 0. The van der Waals surface area contributed by atoms with Crippen LogP contribution in [0.15, 0.2) is 36.0 Å². The van der Waals surface area contributed by atoms with Gasteiger partial charge < -0.3 is 4.74 Å². The van der Waals surface area contributed by atoms with Crippen molar-refractivity contribution >= 4 is 6.47 Å². The molecule has 0 atom stereocenters. The van der Waals surface area contributed by atoms with Crippen LogP contribution in [0.3, 0.4) is 0 Å². The van der Waals surface area contributed by atoms with Crippen molar-refractivity contribution in [3.05, 3.63) is 36.0 Å². The topological polar surface area (TPSA) is 26.3 Å². The Morgan fingerprint density at radius 2 is 2.36 bits per heavy atom. The number of carbonyl (C=O) groups excluding carboxylic acids is 1. The van der Waals surface area contributed by atoms with Crippen molar-refractivity contribution in [3.8, 4) is 0 Å². The lowest BCUT2D eigenvalue weighted by atomic mass is 10.2. The molecule has 0 aliphatic heterocycles. The van der Waals surface area contributed by atoms with Crippen LogP contribution in [0.5, 0.6) is 0 Å². The lowest BCUT2D eigenvalue weighted by molar-refractivity contribution is -0.127. The van der Waals surface area contributed by atoms with Crippen LogP contribution in [0, 0.1) is 0 Å². The molecule has 0 radical (unpaired) electrons. The fraction of sp³-hybridized carbons (Fsp3) is 0.222. The van der Waals surface area contributed by atoms with Gasteiger partial charge in [-0.25, -0.2) is 0 Å². The summed E-state index contributed by atoms with van der Waals surface area (Å²) in [6.45, 7) is 0.872. The molecular weight excluding hydrogens is 140 g/mol. The first-order valence-electron chi connectivity index (χ1n) is 3.50. The summed E-state index contributed by atoms with van der Waals surface area (Å²) in [5, 5.41) is 0. The maximum Gasteiger partial charge on any atom is 0.293 e. The molecule has 1 rings (SSSR count).